The van der Waals surface area contributed by atoms with Gasteiger partial charge in [0.25, 0.3) is 0 Å². The van der Waals surface area contributed by atoms with Crippen LogP contribution in [0.1, 0.15) is 22.3 Å². The van der Waals surface area contributed by atoms with Crippen LogP contribution in [0, 0.1) is 0 Å². The van der Waals surface area contributed by atoms with E-state index in [0.717, 1.165) is 28.3 Å². The van der Waals surface area contributed by atoms with Gasteiger partial charge < -0.3 is 9.47 Å². The molecule has 2 heteroatoms. The highest BCUT2D eigenvalue weighted by Gasteiger charge is 2.45. The minimum absolute atomic E-state index is 0.439. The average Bonchev–Trinajstić information content (AvgIpc) is 3.69. The molecule has 0 unspecified atom stereocenters. The van der Waals surface area contributed by atoms with E-state index in [9.17, 15) is 0 Å². The first kappa shape index (κ1) is 46.1. The number of aromatic nitrogens is 1. The number of hydrogen-bond donors (Lipinski definition) is 0. The summed E-state index contributed by atoms with van der Waals surface area (Å²) in [5, 5.41) is 4.93. The fourth-order valence-corrected chi connectivity index (χ4v) is 12.8. The number of benzene rings is 13. The summed E-state index contributed by atoms with van der Waals surface area (Å²) in [7, 11) is 0. The Bertz CT molecular complexity index is 4490. The van der Waals surface area contributed by atoms with Gasteiger partial charge in [0, 0.05) is 33.5 Å². The number of para-hydroxylation sites is 1. The molecule has 15 rings (SSSR count). The zero-order valence-electron chi connectivity index (χ0n) is 43.4. The Morgan fingerprint density at radius 1 is 0.253 bits per heavy atom. The van der Waals surface area contributed by atoms with Crippen LogP contribution in [-0.4, -0.2) is 4.57 Å². The Kier molecular flexibility index (Phi) is 11.1. The Hall–Kier alpha value is -10.3. The lowest BCUT2D eigenvalue weighted by atomic mass is 9.67. The molecule has 0 fully saturated rings. The first-order chi connectivity index (χ1) is 39.2. The Balaban J connectivity index is 0.811. The smallest absolute Gasteiger partial charge is 0.0713 e. The van der Waals surface area contributed by atoms with E-state index < -0.39 is 5.41 Å². The van der Waals surface area contributed by atoms with Crippen molar-refractivity contribution in [1.82, 2.24) is 4.57 Å². The van der Waals surface area contributed by atoms with Crippen LogP contribution in [-0.2, 0) is 5.41 Å². The molecule has 79 heavy (non-hydrogen) atoms. The number of hydrogen-bond acceptors (Lipinski definition) is 1. The molecule has 0 N–H and O–H groups in total. The van der Waals surface area contributed by atoms with Gasteiger partial charge in [0.2, 0.25) is 0 Å². The standard InChI is InChI=1S/C77H52N2/c1-4-17-53(18-5-1)54-33-43-64(44-34-54)78(66-47-37-58(38-48-66)68-28-16-20-57-19-10-11-25-67(57)68)65-45-35-56(36-46-65)60-40-50-76-72(52-60)71-51-59(39-49-75(71)79(76)63-23-8-3-9-24-63)55-31-41-62(42-32-55)77(61-21-6-2-7-22-61)73-29-14-12-26-69(73)70-27-13-15-30-74(70)77/h1-52H. The molecule has 0 saturated heterocycles. The van der Waals surface area contributed by atoms with Crippen LogP contribution in [0.15, 0.2) is 315 Å². The van der Waals surface area contributed by atoms with Gasteiger partial charge in [-0.05, 0) is 161 Å². The largest absolute Gasteiger partial charge is 0.311 e. The van der Waals surface area contributed by atoms with Crippen LogP contribution < -0.4 is 4.90 Å². The van der Waals surface area contributed by atoms with Gasteiger partial charge in [-0.25, -0.2) is 0 Å². The summed E-state index contributed by atoms with van der Waals surface area (Å²) >= 11 is 0. The molecule has 0 amide bonds. The topological polar surface area (TPSA) is 8.17 Å². The number of rotatable bonds is 10. The van der Waals surface area contributed by atoms with Gasteiger partial charge in [-0.2, -0.15) is 0 Å². The van der Waals surface area contributed by atoms with Gasteiger partial charge in [0.1, 0.15) is 0 Å². The Morgan fingerprint density at radius 2 is 0.646 bits per heavy atom. The number of fused-ring (bicyclic) bond motifs is 7. The highest BCUT2D eigenvalue weighted by Crippen LogP contribution is 2.56. The van der Waals surface area contributed by atoms with Crippen molar-refractivity contribution < 1.29 is 0 Å². The van der Waals surface area contributed by atoms with Crippen LogP contribution in [0.25, 0.3) is 93.9 Å². The molecule has 0 aliphatic heterocycles. The highest BCUT2D eigenvalue weighted by molar-refractivity contribution is 6.12. The van der Waals surface area contributed by atoms with Crippen LogP contribution in [0.2, 0.25) is 0 Å². The summed E-state index contributed by atoms with van der Waals surface area (Å²) in [6.45, 7) is 0. The highest BCUT2D eigenvalue weighted by atomic mass is 15.1. The normalized spacial score (nSPS) is 12.4. The minimum Gasteiger partial charge on any atom is -0.311 e. The van der Waals surface area contributed by atoms with E-state index in [4.69, 9.17) is 0 Å². The molecule has 13 aromatic carbocycles. The van der Waals surface area contributed by atoms with Crippen molar-refractivity contribution in [2.45, 2.75) is 5.41 Å². The maximum Gasteiger partial charge on any atom is 0.0713 e. The Morgan fingerprint density at radius 3 is 1.22 bits per heavy atom. The molecule has 0 saturated carbocycles. The number of nitrogens with zero attached hydrogens (tertiary/aromatic N) is 2. The van der Waals surface area contributed by atoms with Crippen molar-refractivity contribution in [3.05, 3.63) is 338 Å². The predicted octanol–water partition coefficient (Wildman–Crippen LogP) is 20.4. The average molecular weight is 1010 g/mol. The van der Waals surface area contributed by atoms with E-state index in [1.165, 1.54) is 105 Å². The summed E-state index contributed by atoms with van der Waals surface area (Å²) in [6, 6.07) is 116. The maximum absolute atomic E-state index is 2.41. The lowest BCUT2D eigenvalue weighted by molar-refractivity contribution is 0.768. The predicted molar refractivity (Wildman–Crippen MR) is 332 cm³/mol. The fourth-order valence-electron chi connectivity index (χ4n) is 12.8. The zero-order valence-corrected chi connectivity index (χ0v) is 43.4. The maximum atomic E-state index is 2.41. The molecule has 1 aromatic heterocycles. The van der Waals surface area contributed by atoms with Crippen molar-refractivity contribution in [1.29, 1.82) is 0 Å². The summed E-state index contributed by atoms with van der Waals surface area (Å²) in [6.07, 6.45) is 0. The lowest BCUT2D eigenvalue weighted by Gasteiger charge is -2.34. The van der Waals surface area contributed by atoms with Gasteiger partial charge in [-0.15, -0.1) is 0 Å². The van der Waals surface area contributed by atoms with Crippen LogP contribution in [0.3, 0.4) is 0 Å². The van der Waals surface area contributed by atoms with Gasteiger partial charge >= 0.3 is 0 Å². The third-order valence-electron chi connectivity index (χ3n) is 16.5. The van der Waals surface area contributed by atoms with Crippen molar-refractivity contribution in [3.8, 4) is 61.3 Å². The quantitative estimate of drug-likeness (QED) is 0.133. The van der Waals surface area contributed by atoms with E-state index in [0.29, 0.717) is 0 Å². The van der Waals surface area contributed by atoms with Gasteiger partial charge in [-0.1, -0.05) is 243 Å². The zero-order chi connectivity index (χ0) is 52.3. The van der Waals surface area contributed by atoms with Crippen LogP contribution in [0.4, 0.5) is 17.1 Å². The summed E-state index contributed by atoms with van der Waals surface area (Å²) in [5.74, 6) is 0. The van der Waals surface area contributed by atoms with Crippen molar-refractivity contribution in [2.75, 3.05) is 4.90 Å². The lowest BCUT2D eigenvalue weighted by Crippen LogP contribution is -2.28. The van der Waals surface area contributed by atoms with Crippen LogP contribution in [0.5, 0.6) is 0 Å². The molecule has 0 spiro atoms. The van der Waals surface area contributed by atoms with E-state index >= 15 is 0 Å². The molecule has 0 bridgehead atoms. The van der Waals surface area contributed by atoms with Gasteiger partial charge in [-0.3, -0.25) is 0 Å². The molecule has 1 aliphatic rings. The number of anilines is 3. The van der Waals surface area contributed by atoms with Gasteiger partial charge in [0.15, 0.2) is 0 Å². The SMILES string of the molecule is c1ccc(-c2ccc(N(c3ccc(-c4ccc5c(c4)c4cc(-c6ccc(C7(c8ccccc8)c8ccccc8-c8ccccc87)cc6)ccc4n5-c4ccccc4)cc3)c3ccc(-c4cccc5ccccc45)cc3)cc2)cc1. The first-order valence-corrected chi connectivity index (χ1v) is 27.3. The fraction of sp³-hybridized carbons (Fsp3) is 0.0130. The van der Waals surface area contributed by atoms with E-state index in [-0.39, 0.29) is 0 Å². The molecule has 0 radical (unpaired) electrons. The van der Waals surface area contributed by atoms with Crippen LogP contribution >= 0.6 is 0 Å². The summed E-state index contributed by atoms with van der Waals surface area (Å²) < 4.78 is 2.41. The summed E-state index contributed by atoms with van der Waals surface area (Å²) in [5.41, 5.74) is 23.6. The molecule has 1 heterocycles. The van der Waals surface area contributed by atoms with E-state index in [2.05, 4.69) is 325 Å². The second kappa shape index (κ2) is 19.1. The van der Waals surface area contributed by atoms with E-state index in [1.54, 1.807) is 0 Å². The third kappa shape index (κ3) is 7.71. The second-order valence-electron chi connectivity index (χ2n) is 20.8. The Labute approximate surface area is 461 Å². The monoisotopic (exact) mass is 1000 g/mol. The molecular formula is C77H52N2. The minimum atomic E-state index is -0.439. The third-order valence-corrected chi connectivity index (χ3v) is 16.5. The van der Waals surface area contributed by atoms with Crippen molar-refractivity contribution in [2.24, 2.45) is 0 Å². The molecule has 1 aliphatic carbocycles. The summed E-state index contributed by atoms with van der Waals surface area (Å²) in [4.78, 5) is 2.36. The molecule has 0 atom stereocenters. The molecular weight excluding hydrogens is 953 g/mol. The molecule has 370 valence electrons. The van der Waals surface area contributed by atoms with E-state index in [1.807, 2.05) is 0 Å². The molecule has 14 aromatic rings. The van der Waals surface area contributed by atoms with Gasteiger partial charge in [0.05, 0.1) is 16.4 Å². The van der Waals surface area contributed by atoms with Crippen molar-refractivity contribution in [3.63, 3.8) is 0 Å². The first-order valence-electron chi connectivity index (χ1n) is 27.3. The second-order valence-corrected chi connectivity index (χ2v) is 20.8. The molecule has 2 nitrogen and oxygen atoms in total. The van der Waals surface area contributed by atoms with Crippen molar-refractivity contribution >= 4 is 49.6 Å².